The summed E-state index contributed by atoms with van der Waals surface area (Å²) in [5.74, 6) is -3.28. The van der Waals surface area contributed by atoms with Crippen molar-refractivity contribution in [2.45, 2.75) is 18.6 Å². The second-order valence-corrected chi connectivity index (χ2v) is 6.43. The third-order valence-electron chi connectivity index (χ3n) is 5.08. The van der Waals surface area contributed by atoms with Gasteiger partial charge in [0.2, 0.25) is 5.91 Å². The van der Waals surface area contributed by atoms with Crippen molar-refractivity contribution in [3.8, 4) is 0 Å². The van der Waals surface area contributed by atoms with Crippen molar-refractivity contribution in [1.82, 2.24) is 0 Å². The molecule has 2 bridgehead atoms. The van der Waals surface area contributed by atoms with Gasteiger partial charge in [-0.2, -0.15) is 0 Å². The Hall–Kier alpha value is -2.67. The van der Waals surface area contributed by atoms with E-state index in [0.29, 0.717) is 11.3 Å². The quantitative estimate of drug-likeness (QED) is 0.653. The molecule has 3 aliphatic rings. The topological polar surface area (TPSA) is 93.1 Å². The summed E-state index contributed by atoms with van der Waals surface area (Å²) in [4.78, 5) is 37.7. The van der Waals surface area contributed by atoms with Crippen LogP contribution in [0.1, 0.15) is 17.3 Å². The number of anilines is 1. The van der Waals surface area contributed by atoms with E-state index in [1.807, 2.05) is 6.08 Å². The van der Waals surface area contributed by atoms with Gasteiger partial charge in [-0.1, -0.05) is 12.2 Å². The van der Waals surface area contributed by atoms with Gasteiger partial charge in [-0.3, -0.25) is 9.59 Å². The minimum atomic E-state index is -1.02. The lowest BCUT2D eigenvalue weighted by atomic mass is 9.77. The Kier molecular flexibility index (Phi) is 3.43. The molecule has 25 heavy (non-hydrogen) atoms. The molecule has 3 aliphatic heterocycles. The van der Waals surface area contributed by atoms with E-state index in [1.165, 1.54) is 4.90 Å². The van der Waals surface area contributed by atoms with Crippen molar-refractivity contribution in [2.75, 3.05) is 18.1 Å². The maximum absolute atomic E-state index is 12.9. The molecule has 1 aromatic carbocycles. The van der Waals surface area contributed by atoms with Crippen molar-refractivity contribution < 1.29 is 29.0 Å². The second-order valence-electron chi connectivity index (χ2n) is 6.43. The molecule has 4 atom stereocenters. The zero-order chi connectivity index (χ0) is 17.8. The lowest BCUT2D eigenvalue weighted by Gasteiger charge is -2.21. The van der Waals surface area contributed by atoms with Gasteiger partial charge in [0, 0.05) is 5.69 Å². The average molecular weight is 343 g/mol. The molecule has 3 heterocycles. The number of hydrogen-bond donors (Lipinski definition) is 1. The molecule has 2 saturated heterocycles. The highest BCUT2D eigenvalue weighted by atomic mass is 16.5. The summed E-state index contributed by atoms with van der Waals surface area (Å²) in [6, 6.07) is 6.51. The fraction of sp³-hybridized carbons (Fsp3) is 0.389. The molecule has 1 spiro atoms. The van der Waals surface area contributed by atoms with Crippen LogP contribution in [-0.2, 0) is 19.1 Å². The average Bonchev–Trinajstić information content (AvgIpc) is 3.23. The third kappa shape index (κ3) is 2.19. The van der Waals surface area contributed by atoms with Crippen LogP contribution in [0.25, 0.3) is 0 Å². The van der Waals surface area contributed by atoms with Gasteiger partial charge in [0.15, 0.2) is 0 Å². The Labute approximate surface area is 143 Å². The number of aliphatic carboxylic acids is 1. The number of carbonyl (C=O) groups excluding carboxylic acids is 2. The monoisotopic (exact) mass is 343 g/mol. The van der Waals surface area contributed by atoms with Crippen LogP contribution in [0.5, 0.6) is 0 Å². The molecule has 0 aromatic heterocycles. The van der Waals surface area contributed by atoms with Crippen molar-refractivity contribution in [3.63, 3.8) is 0 Å². The zero-order valence-electron chi connectivity index (χ0n) is 13.5. The number of carboxylic acid groups (broad SMARTS) is 1. The first-order valence-electron chi connectivity index (χ1n) is 8.15. The maximum atomic E-state index is 12.9. The largest absolute Gasteiger partial charge is 0.481 e. The Morgan fingerprint density at radius 3 is 2.72 bits per heavy atom. The fourth-order valence-corrected chi connectivity index (χ4v) is 3.99. The smallest absolute Gasteiger partial charge is 0.338 e. The summed E-state index contributed by atoms with van der Waals surface area (Å²) in [7, 11) is 0. The van der Waals surface area contributed by atoms with Gasteiger partial charge < -0.3 is 19.5 Å². The van der Waals surface area contributed by atoms with Gasteiger partial charge in [-0.25, -0.2) is 4.79 Å². The highest BCUT2D eigenvalue weighted by Crippen LogP contribution is 2.52. The molecule has 0 radical (unpaired) electrons. The molecule has 0 unspecified atom stereocenters. The predicted molar refractivity (Wildman–Crippen MR) is 86.1 cm³/mol. The molecule has 0 aliphatic carbocycles. The molecule has 1 amide bonds. The minimum Gasteiger partial charge on any atom is -0.481 e. The number of hydrogen-bond acceptors (Lipinski definition) is 5. The number of ether oxygens (including phenoxy) is 2. The molecule has 7 nitrogen and oxygen atoms in total. The molecule has 0 saturated carbocycles. The molecule has 1 aromatic rings. The summed E-state index contributed by atoms with van der Waals surface area (Å²) in [5, 5.41) is 9.47. The number of nitrogens with zero attached hydrogens (tertiary/aromatic N) is 1. The normalized spacial score (nSPS) is 32.1. The standard InChI is InChI=1S/C18H17NO6/c1-2-24-17(23)10-3-5-11(6-4-10)19-9-18-8-7-12(25-18)13(16(21)22)14(18)15(19)20/h3-8,12-14H,2,9H2,1H3,(H,21,22)/t12-,13+,14+,18-/m0/s1. The number of fused-ring (bicyclic) bond motifs is 1. The summed E-state index contributed by atoms with van der Waals surface area (Å²) < 4.78 is 10.8. The first kappa shape index (κ1) is 15.8. The zero-order valence-corrected chi connectivity index (χ0v) is 13.5. The van der Waals surface area contributed by atoms with Gasteiger partial charge in [-0.05, 0) is 31.2 Å². The van der Waals surface area contributed by atoms with Gasteiger partial charge in [0.25, 0.3) is 0 Å². The number of rotatable bonds is 4. The van der Waals surface area contributed by atoms with Gasteiger partial charge in [0.05, 0.1) is 30.7 Å². The van der Waals surface area contributed by atoms with Crippen LogP contribution in [0.3, 0.4) is 0 Å². The van der Waals surface area contributed by atoms with Crippen LogP contribution in [0, 0.1) is 11.8 Å². The van der Waals surface area contributed by atoms with E-state index in [2.05, 4.69) is 0 Å². The predicted octanol–water partition coefficient (Wildman–Crippen LogP) is 1.23. The van der Waals surface area contributed by atoms with Gasteiger partial charge in [-0.15, -0.1) is 0 Å². The highest BCUT2D eigenvalue weighted by Gasteiger charge is 2.67. The van der Waals surface area contributed by atoms with Crippen LogP contribution < -0.4 is 4.90 Å². The van der Waals surface area contributed by atoms with E-state index in [0.717, 1.165) is 0 Å². The number of carboxylic acids is 1. The highest BCUT2D eigenvalue weighted by molar-refractivity contribution is 6.02. The number of benzene rings is 1. The van der Waals surface area contributed by atoms with Crippen LogP contribution in [0.15, 0.2) is 36.4 Å². The molecule has 2 fully saturated rings. The molecule has 7 heteroatoms. The number of carbonyl (C=O) groups is 3. The molecule has 130 valence electrons. The summed E-state index contributed by atoms with van der Waals surface area (Å²) in [6.45, 7) is 2.29. The first-order valence-corrected chi connectivity index (χ1v) is 8.15. The summed E-state index contributed by atoms with van der Waals surface area (Å²) in [6.07, 6.45) is 3.00. The molecular weight excluding hydrogens is 326 g/mol. The van der Waals surface area contributed by atoms with Gasteiger partial charge in [0.1, 0.15) is 11.5 Å². The maximum Gasteiger partial charge on any atom is 0.338 e. The van der Waals surface area contributed by atoms with E-state index in [4.69, 9.17) is 9.47 Å². The van der Waals surface area contributed by atoms with Crippen molar-refractivity contribution in [2.24, 2.45) is 11.8 Å². The Bertz CT molecular complexity index is 785. The van der Waals surface area contributed by atoms with Crippen LogP contribution >= 0.6 is 0 Å². The first-order chi connectivity index (χ1) is 12.0. The van der Waals surface area contributed by atoms with E-state index < -0.39 is 35.5 Å². The third-order valence-corrected chi connectivity index (χ3v) is 5.08. The van der Waals surface area contributed by atoms with E-state index in [9.17, 15) is 19.5 Å². The number of esters is 1. The number of amides is 1. The lowest BCUT2D eigenvalue weighted by molar-refractivity contribution is -0.146. The molecular formula is C18H17NO6. The Morgan fingerprint density at radius 2 is 2.08 bits per heavy atom. The minimum absolute atomic E-state index is 0.261. The van der Waals surface area contributed by atoms with Gasteiger partial charge >= 0.3 is 11.9 Å². The SMILES string of the molecule is CCOC(=O)c1ccc(N2C[C@]34C=C[C@H](O3)[C@@H](C(=O)O)[C@@H]4C2=O)cc1. The molecule has 4 rings (SSSR count). The van der Waals surface area contributed by atoms with Crippen molar-refractivity contribution in [3.05, 3.63) is 42.0 Å². The van der Waals surface area contributed by atoms with E-state index >= 15 is 0 Å². The van der Waals surface area contributed by atoms with Crippen molar-refractivity contribution >= 4 is 23.5 Å². The summed E-state index contributed by atoms with van der Waals surface area (Å²) in [5.41, 5.74) is 0.132. The van der Waals surface area contributed by atoms with Crippen LogP contribution in [-0.4, -0.2) is 47.8 Å². The van der Waals surface area contributed by atoms with E-state index in [1.54, 1.807) is 37.3 Å². The van der Waals surface area contributed by atoms with Crippen LogP contribution in [0.4, 0.5) is 5.69 Å². The lowest BCUT2D eigenvalue weighted by Crippen LogP contribution is -2.39. The molecule has 1 N–H and O–H groups in total. The van der Waals surface area contributed by atoms with Crippen molar-refractivity contribution in [1.29, 1.82) is 0 Å². The van der Waals surface area contributed by atoms with E-state index in [-0.39, 0.29) is 19.1 Å². The Balaban J connectivity index is 1.61. The van der Waals surface area contributed by atoms with Crippen LogP contribution in [0.2, 0.25) is 0 Å². The second kappa shape index (κ2) is 5.42. The summed E-state index contributed by atoms with van der Waals surface area (Å²) >= 11 is 0. The fourth-order valence-electron chi connectivity index (χ4n) is 3.99. The Morgan fingerprint density at radius 1 is 1.36 bits per heavy atom.